The predicted molar refractivity (Wildman–Crippen MR) is 75.8 cm³/mol. The lowest BCUT2D eigenvalue weighted by molar-refractivity contribution is 0.270. The standard InChI is InChI=1S/C14H15FN2O3S/c15-10-1-3-11(4-2-10)16-21(19,20)14-7-13(9-18)17(8-14)12-5-6-12/h1-4,7-8,12,16,18H,5-6,9H2. The van der Waals surface area contributed by atoms with Gasteiger partial charge >= 0.3 is 0 Å². The summed E-state index contributed by atoms with van der Waals surface area (Å²) in [5, 5.41) is 9.32. The Morgan fingerprint density at radius 3 is 2.52 bits per heavy atom. The van der Waals surface area contributed by atoms with E-state index < -0.39 is 15.8 Å². The Kier molecular flexibility index (Phi) is 3.46. The number of benzene rings is 1. The number of aromatic nitrogens is 1. The van der Waals surface area contributed by atoms with Gasteiger partial charge in [-0.25, -0.2) is 12.8 Å². The van der Waals surface area contributed by atoms with Crippen LogP contribution in [0.3, 0.4) is 0 Å². The van der Waals surface area contributed by atoms with Gasteiger partial charge in [0.2, 0.25) is 0 Å². The van der Waals surface area contributed by atoms with Gasteiger partial charge in [-0.3, -0.25) is 4.72 Å². The molecule has 1 aliphatic rings. The Labute approximate surface area is 122 Å². The van der Waals surface area contributed by atoms with Crippen molar-refractivity contribution in [1.82, 2.24) is 4.57 Å². The van der Waals surface area contributed by atoms with Crippen LogP contribution < -0.4 is 4.72 Å². The van der Waals surface area contributed by atoms with Crippen LogP contribution in [0, 0.1) is 5.82 Å². The van der Waals surface area contributed by atoms with Crippen molar-refractivity contribution >= 4 is 15.7 Å². The zero-order valence-electron chi connectivity index (χ0n) is 11.2. The van der Waals surface area contributed by atoms with Crippen LogP contribution in [0.25, 0.3) is 0 Å². The number of hydrogen-bond donors (Lipinski definition) is 2. The van der Waals surface area contributed by atoms with Gasteiger partial charge in [-0.05, 0) is 43.2 Å². The fourth-order valence-corrected chi connectivity index (χ4v) is 3.30. The van der Waals surface area contributed by atoms with Gasteiger partial charge in [0, 0.05) is 23.6 Å². The number of aliphatic hydroxyl groups is 1. The molecule has 0 amide bonds. The van der Waals surface area contributed by atoms with Crippen LogP contribution in [0.5, 0.6) is 0 Å². The van der Waals surface area contributed by atoms with Crippen LogP contribution in [0.2, 0.25) is 0 Å². The smallest absolute Gasteiger partial charge is 0.263 e. The van der Waals surface area contributed by atoms with Gasteiger partial charge < -0.3 is 9.67 Å². The maximum absolute atomic E-state index is 12.8. The van der Waals surface area contributed by atoms with E-state index in [2.05, 4.69) is 4.72 Å². The van der Waals surface area contributed by atoms with Gasteiger partial charge in [0.05, 0.1) is 6.61 Å². The minimum Gasteiger partial charge on any atom is -0.390 e. The van der Waals surface area contributed by atoms with Gasteiger partial charge in [-0.1, -0.05) is 0 Å². The highest BCUT2D eigenvalue weighted by Crippen LogP contribution is 2.37. The molecule has 1 saturated carbocycles. The molecule has 0 atom stereocenters. The maximum Gasteiger partial charge on any atom is 0.263 e. The summed E-state index contributed by atoms with van der Waals surface area (Å²) in [5.41, 5.74) is 0.873. The highest BCUT2D eigenvalue weighted by Gasteiger charge is 2.28. The summed E-state index contributed by atoms with van der Waals surface area (Å²) in [6.07, 6.45) is 3.52. The SMILES string of the molecule is O=S(=O)(Nc1ccc(F)cc1)c1cc(CO)n(C2CC2)c1. The third kappa shape index (κ3) is 2.93. The summed E-state index contributed by atoms with van der Waals surface area (Å²) in [4.78, 5) is 0.0998. The van der Waals surface area contributed by atoms with E-state index in [0.717, 1.165) is 12.8 Å². The second-order valence-electron chi connectivity index (χ2n) is 5.08. The van der Waals surface area contributed by atoms with Crippen LogP contribution in [0.15, 0.2) is 41.4 Å². The van der Waals surface area contributed by atoms with Crippen molar-refractivity contribution in [3.63, 3.8) is 0 Å². The lowest BCUT2D eigenvalue weighted by atomic mass is 10.3. The molecular formula is C14H15FN2O3S. The molecule has 2 aromatic rings. The van der Waals surface area contributed by atoms with E-state index in [0.29, 0.717) is 11.4 Å². The van der Waals surface area contributed by atoms with Crippen molar-refractivity contribution in [3.05, 3.63) is 48.0 Å². The average Bonchev–Trinajstić information content (AvgIpc) is 3.19. The van der Waals surface area contributed by atoms with Crippen molar-refractivity contribution in [2.45, 2.75) is 30.4 Å². The first-order valence-corrected chi connectivity index (χ1v) is 8.08. The van der Waals surface area contributed by atoms with Gasteiger partial charge in [0.1, 0.15) is 10.7 Å². The number of nitrogens with one attached hydrogen (secondary N) is 1. The van der Waals surface area contributed by atoms with Crippen LogP contribution in [0.1, 0.15) is 24.6 Å². The van der Waals surface area contributed by atoms with E-state index in [-0.39, 0.29) is 17.5 Å². The molecule has 5 nitrogen and oxygen atoms in total. The van der Waals surface area contributed by atoms with Crippen molar-refractivity contribution < 1.29 is 17.9 Å². The normalized spacial score (nSPS) is 15.1. The molecule has 0 saturated heterocycles. The fraction of sp³-hybridized carbons (Fsp3) is 0.286. The first-order valence-electron chi connectivity index (χ1n) is 6.59. The number of nitrogens with zero attached hydrogens (tertiary/aromatic N) is 1. The quantitative estimate of drug-likeness (QED) is 0.890. The zero-order valence-corrected chi connectivity index (χ0v) is 12.0. The number of hydrogen-bond acceptors (Lipinski definition) is 3. The number of rotatable bonds is 5. The van der Waals surface area contributed by atoms with E-state index in [1.807, 2.05) is 0 Å². The third-order valence-corrected chi connectivity index (χ3v) is 4.76. The van der Waals surface area contributed by atoms with Gasteiger partial charge in [0.25, 0.3) is 10.0 Å². The molecule has 7 heteroatoms. The molecule has 1 heterocycles. The lowest BCUT2D eigenvalue weighted by Gasteiger charge is -2.06. The Morgan fingerprint density at radius 2 is 1.95 bits per heavy atom. The zero-order chi connectivity index (χ0) is 15.0. The molecule has 3 rings (SSSR count). The largest absolute Gasteiger partial charge is 0.390 e. The summed E-state index contributed by atoms with van der Waals surface area (Å²) in [6.45, 7) is -0.206. The van der Waals surface area contributed by atoms with Crippen molar-refractivity contribution in [2.24, 2.45) is 0 Å². The molecule has 21 heavy (non-hydrogen) atoms. The van der Waals surface area contributed by atoms with E-state index in [1.165, 1.54) is 36.5 Å². The molecule has 2 N–H and O–H groups in total. The van der Waals surface area contributed by atoms with E-state index in [4.69, 9.17) is 0 Å². The molecule has 0 spiro atoms. The Balaban J connectivity index is 1.89. The summed E-state index contributed by atoms with van der Waals surface area (Å²) in [6, 6.07) is 6.83. The Morgan fingerprint density at radius 1 is 1.29 bits per heavy atom. The van der Waals surface area contributed by atoms with E-state index >= 15 is 0 Å². The minimum absolute atomic E-state index is 0.0998. The van der Waals surface area contributed by atoms with Crippen LogP contribution in [-0.4, -0.2) is 18.1 Å². The van der Waals surface area contributed by atoms with Gasteiger partial charge in [0.15, 0.2) is 0 Å². The highest BCUT2D eigenvalue weighted by atomic mass is 32.2. The van der Waals surface area contributed by atoms with E-state index in [1.54, 1.807) is 4.57 Å². The number of anilines is 1. The molecule has 0 aliphatic heterocycles. The van der Waals surface area contributed by atoms with Crippen molar-refractivity contribution in [1.29, 1.82) is 0 Å². The number of halogens is 1. The van der Waals surface area contributed by atoms with Gasteiger partial charge in [-0.2, -0.15) is 0 Å². The molecule has 112 valence electrons. The van der Waals surface area contributed by atoms with Crippen molar-refractivity contribution in [3.8, 4) is 0 Å². The molecule has 1 aromatic heterocycles. The molecular weight excluding hydrogens is 295 g/mol. The second kappa shape index (κ2) is 5.16. The van der Waals surface area contributed by atoms with Crippen LogP contribution >= 0.6 is 0 Å². The second-order valence-corrected chi connectivity index (χ2v) is 6.76. The monoisotopic (exact) mass is 310 g/mol. The summed E-state index contributed by atoms with van der Waals surface area (Å²) in [5.74, 6) is -0.430. The molecule has 1 fully saturated rings. The first-order chi connectivity index (χ1) is 9.99. The highest BCUT2D eigenvalue weighted by molar-refractivity contribution is 7.92. The molecule has 1 aliphatic carbocycles. The third-order valence-electron chi connectivity index (χ3n) is 3.42. The summed E-state index contributed by atoms with van der Waals surface area (Å²) >= 11 is 0. The van der Waals surface area contributed by atoms with Gasteiger partial charge in [-0.15, -0.1) is 0 Å². The first kappa shape index (κ1) is 14.1. The molecule has 1 aromatic carbocycles. The molecule has 0 unspecified atom stereocenters. The predicted octanol–water partition coefficient (Wildman–Crippen LogP) is 2.26. The van der Waals surface area contributed by atoms with Crippen molar-refractivity contribution in [2.75, 3.05) is 4.72 Å². The minimum atomic E-state index is -3.75. The Hall–Kier alpha value is -1.86. The maximum atomic E-state index is 12.8. The molecule has 0 radical (unpaired) electrons. The number of sulfonamides is 1. The topological polar surface area (TPSA) is 71.3 Å². The van der Waals surface area contributed by atoms with Crippen LogP contribution in [0.4, 0.5) is 10.1 Å². The molecule has 0 bridgehead atoms. The van der Waals surface area contributed by atoms with Crippen LogP contribution in [-0.2, 0) is 16.6 Å². The summed E-state index contributed by atoms with van der Waals surface area (Å²) < 4.78 is 41.7. The number of aliphatic hydroxyl groups excluding tert-OH is 1. The summed E-state index contributed by atoms with van der Waals surface area (Å²) in [7, 11) is -3.75. The van der Waals surface area contributed by atoms with E-state index in [9.17, 15) is 17.9 Å². The fourth-order valence-electron chi connectivity index (χ4n) is 2.19. The Bertz CT molecular complexity index is 749. The lowest BCUT2D eigenvalue weighted by Crippen LogP contribution is -2.12. The average molecular weight is 310 g/mol.